The van der Waals surface area contributed by atoms with Crippen molar-refractivity contribution in [3.8, 4) is 0 Å². The Morgan fingerprint density at radius 1 is 0.885 bits per heavy atom. The van der Waals surface area contributed by atoms with Gasteiger partial charge in [-0.05, 0) is 33.4 Å². The summed E-state index contributed by atoms with van der Waals surface area (Å²) in [6.45, 7) is 2.19. The van der Waals surface area contributed by atoms with Gasteiger partial charge in [0.15, 0.2) is 6.29 Å². The largest absolute Gasteiger partial charge is 0.298 e. The Morgan fingerprint density at radius 3 is 2.46 bits per heavy atom. The molecule has 126 valence electrons. The van der Waals surface area contributed by atoms with Crippen LogP contribution in [-0.2, 0) is 4.79 Å². The zero-order valence-electron chi connectivity index (χ0n) is 14.7. The lowest BCUT2D eigenvalue weighted by atomic mass is 9.62. The Hall–Kier alpha value is -2.93. The Labute approximate surface area is 154 Å². The normalized spacial score (nSPS) is 26.3. The van der Waals surface area contributed by atoms with E-state index in [-0.39, 0.29) is 11.8 Å². The molecule has 0 spiro atoms. The summed E-state index contributed by atoms with van der Waals surface area (Å²) in [7, 11) is 0. The van der Waals surface area contributed by atoms with Crippen molar-refractivity contribution in [2.24, 2.45) is 11.8 Å². The lowest BCUT2D eigenvalue weighted by Gasteiger charge is -2.41. The highest BCUT2D eigenvalue weighted by Gasteiger charge is 2.40. The number of allylic oxidation sites excluding steroid dienone is 14. The summed E-state index contributed by atoms with van der Waals surface area (Å²) >= 11 is 0. The number of hydrogen-bond acceptors (Lipinski definition) is 1. The summed E-state index contributed by atoms with van der Waals surface area (Å²) in [6.07, 6.45) is 18.7. The van der Waals surface area contributed by atoms with Crippen molar-refractivity contribution in [2.45, 2.75) is 12.8 Å². The molecule has 1 aromatic rings. The Bertz CT molecular complexity index is 1010. The third kappa shape index (κ3) is 2.13. The molecular weight excluding hydrogens is 316 g/mol. The Balaban J connectivity index is 1.70. The molecule has 0 aromatic heterocycles. The van der Waals surface area contributed by atoms with Gasteiger partial charge in [-0.1, -0.05) is 85.9 Å². The third-order valence-corrected chi connectivity index (χ3v) is 6.07. The van der Waals surface area contributed by atoms with E-state index in [2.05, 4.69) is 79.8 Å². The van der Waals surface area contributed by atoms with Crippen molar-refractivity contribution in [3.05, 3.63) is 118 Å². The van der Waals surface area contributed by atoms with Gasteiger partial charge in [0.1, 0.15) is 0 Å². The van der Waals surface area contributed by atoms with Gasteiger partial charge in [0, 0.05) is 23.3 Å². The van der Waals surface area contributed by atoms with Crippen LogP contribution in [0.1, 0.15) is 18.4 Å². The van der Waals surface area contributed by atoms with Gasteiger partial charge >= 0.3 is 0 Å². The molecule has 0 heterocycles. The van der Waals surface area contributed by atoms with E-state index in [4.69, 9.17) is 0 Å². The summed E-state index contributed by atoms with van der Waals surface area (Å²) < 4.78 is 0. The fourth-order valence-electron chi connectivity index (χ4n) is 4.75. The molecule has 4 aliphatic rings. The van der Waals surface area contributed by atoms with E-state index in [9.17, 15) is 4.79 Å². The quantitative estimate of drug-likeness (QED) is 0.676. The molecule has 5 rings (SSSR count). The van der Waals surface area contributed by atoms with E-state index in [0.29, 0.717) is 5.92 Å². The fraction of sp³-hybridized carbons (Fsp3) is 0.160. The zero-order chi connectivity index (χ0) is 17.7. The van der Waals surface area contributed by atoms with E-state index in [1.807, 2.05) is 6.07 Å². The maximum absolute atomic E-state index is 12.1. The lowest BCUT2D eigenvalue weighted by molar-refractivity contribution is -0.104. The van der Waals surface area contributed by atoms with Gasteiger partial charge in [0.05, 0.1) is 0 Å². The second-order valence-corrected chi connectivity index (χ2v) is 7.37. The van der Waals surface area contributed by atoms with Gasteiger partial charge in [-0.25, -0.2) is 0 Å². The summed E-state index contributed by atoms with van der Waals surface area (Å²) in [5, 5.41) is 0. The maximum atomic E-state index is 12.1. The molecule has 1 heteroatoms. The second-order valence-electron chi connectivity index (χ2n) is 7.37. The predicted octanol–water partition coefficient (Wildman–Crippen LogP) is 5.39. The molecule has 0 N–H and O–H groups in total. The van der Waals surface area contributed by atoms with Gasteiger partial charge < -0.3 is 0 Å². The average molecular weight is 336 g/mol. The minimum Gasteiger partial charge on any atom is -0.298 e. The van der Waals surface area contributed by atoms with Gasteiger partial charge in [0.2, 0.25) is 0 Å². The zero-order valence-corrected chi connectivity index (χ0v) is 14.7. The van der Waals surface area contributed by atoms with E-state index < -0.39 is 0 Å². The molecule has 4 aliphatic carbocycles. The van der Waals surface area contributed by atoms with Crippen molar-refractivity contribution in [1.82, 2.24) is 0 Å². The van der Waals surface area contributed by atoms with E-state index in [0.717, 1.165) is 17.4 Å². The molecular formula is C25H20O. The number of carbonyl (C=O) groups excluding carboxylic acids is 1. The molecule has 0 saturated heterocycles. The molecule has 0 bridgehead atoms. The molecule has 0 amide bonds. The molecule has 26 heavy (non-hydrogen) atoms. The van der Waals surface area contributed by atoms with Crippen LogP contribution in [0.4, 0.5) is 0 Å². The number of rotatable bonds is 3. The minimum atomic E-state index is 0.188. The topological polar surface area (TPSA) is 17.1 Å². The SMILES string of the molecule is C[C@@H](C1=CC2=CC=C3C=CC=C4C=CC(=C1C=O)C2C43)c1ccccc1. The van der Waals surface area contributed by atoms with E-state index in [1.54, 1.807) is 0 Å². The highest BCUT2D eigenvalue weighted by Crippen LogP contribution is 2.51. The first-order valence-electron chi connectivity index (χ1n) is 9.22. The standard InChI is InChI=1S/C25H20O/c1-16(17-6-3-2-4-7-17)22-14-20-11-10-18-8-5-9-19-12-13-21(23(22)15-26)25(20)24(18)19/h2-16,24-25H,1H3/t16-,24?,25?/m1/s1. The fourth-order valence-corrected chi connectivity index (χ4v) is 4.75. The number of benzene rings is 1. The average Bonchev–Trinajstić information content (AvgIpc) is 2.71. The molecule has 3 atom stereocenters. The van der Waals surface area contributed by atoms with Crippen molar-refractivity contribution in [1.29, 1.82) is 0 Å². The summed E-state index contributed by atoms with van der Waals surface area (Å²) in [4.78, 5) is 12.1. The minimum absolute atomic E-state index is 0.188. The first-order chi connectivity index (χ1) is 12.8. The van der Waals surface area contributed by atoms with Crippen LogP contribution < -0.4 is 0 Å². The molecule has 1 nitrogen and oxygen atoms in total. The molecule has 0 radical (unpaired) electrons. The van der Waals surface area contributed by atoms with E-state index in [1.165, 1.54) is 27.9 Å². The third-order valence-electron chi connectivity index (χ3n) is 6.07. The molecule has 2 unspecified atom stereocenters. The summed E-state index contributed by atoms with van der Waals surface area (Å²) in [5.41, 5.74) is 8.43. The molecule has 0 saturated carbocycles. The Kier molecular flexibility index (Phi) is 3.43. The first kappa shape index (κ1) is 15.3. The molecule has 0 fully saturated rings. The van der Waals surface area contributed by atoms with Gasteiger partial charge in [-0.3, -0.25) is 4.79 Å². The van der Waals surface area contributed by atoms with Crippen LogP contribution in [0.25, 0.3) is 0 Å². The van der Waals surface area contributed by atoms with Crippen molar-refractivity contribution < 1.29 is 4.79 Å². The number of aldehydes is 1. The van der Waals surface area contributed by atoms with Gasteiger partial charge in [-0.2, -0.15) is 0 Å². The van der Waals surface area contributed by atoms with Crippen LogP contribution in [0.3, 0.4) is 0 Å². The second kappa shape index (κ2) is 5.81. The van der Waals surface area contributed by atoms with Gasteiger partial charge in [-0.15, -0.1) is 0 Å². The van der Waals surface area contributed by atoms with Crippen LogP contribution in [0.2, 0.25) is 0 Å². The van der Waals surface area contributed by atoms with Crippen molar-refractivity contribution in [3.63, 3.8) is 0 Å². The van der Waals surface area contributed by atoms with Crippen molar-refractivity contribution in [2.75, 3.05) is 0 Å². The van der Waals surface area contributed by atoms with Crippen LogP contribution in [-0.4, -0.2) is 6.29 Å². The summed E-state index contributed by atoms with van der Waals surface area (Å²) in [6, 6.07) is 10.4. The van der Waals surface area contributed by atoms with Gasteiger partial charge in [0.25, 0.3) is 0 Å². The number of carbonyl (C=O) groups is 1. The molecule has 0 aliphatic heterocycles. The highest BCUT2D eigenvalue weighted by molar-refractivity contribution is 5.86. The Morgan fingerprint density at radius 2 is 1.65 bits per heavy atom. The predicted molar refractivity (Wildman–Crippen MR) is 106 cm³/mol. The lowest BCUT2D eigenvalue weighted by Crippen LogP contribution is -2.30. The highest BCUT2D eigenvalue weighted by atomic mass is 16.1. The van der Waals surface area contributed by atoms with Crippen molar-refractivity contribution >= 4 is 6.29 Å². The van der Waals surface area contributed by atoms with Crippen LogP contribution in [0.5, 0.6) is 0 Å². The molecule has 1 aromatic carbocycles. The maximum Gasteiger partial charge on any atom is 0.150 e. The summed E-state index contributed by atoms with van der Waals surface area (Å²) in [5.74, 6) is 0.802. The van der Waals surface area contributed by atoms with E-state index >= 15 is 0 Å². The monoisotopic (exact) mass is 336 g/mol. The van der Waals surface area contributed by atoms with Crippen LogP contribution in [0, 0.1) is 11.8 Å². The smallest absolute Gasteiger partial charge is 0.150 e. The van der Waals surface area contributed by atoms with Crippen LogP contribution >= 0.6 is 0 Å². The first-order valence-corrected chi connectivity index (χ1v) is 9.22. The van der Waals surface area contributed by atoms with Crippen LogP contribution in [0.15, 0.2) is 112 Å². The number of hydrogen-bond donors (Lipinski definition) is 0.